The summed E-state index contributed by atoms with van der Waals surface area (Å²) in [6, 6.07) is 17.5. The summed E-state index contributed by atoms with van der Waals surface area (Å²) in [5, 5.41) is 13.5. The van der Waals surface area contributed by atoms with Crippen molar-refractivity contribution in [1.82, 2.24) is 30.6 Å². The van der Waals surface area contributed by atoms with Crippen molar-refractivity contribution in [3.05, 3.63) is 65.9 Å². The Kier molecular flexibility index (Phi) is 5.94. The Morgan fingerprint density at radius 1 is 1.03 bits per heavy atom. The van der Waals surface area contributed by atoms with E-state index in [1.165, 1.54) is 0 Å². The lowest BCUT2D eigenvalue weighted by Gasteiger charge is -2.40. The van der Waals surface area contributed by atoms with Crippen molar-refractivity contribution in [2.24, 2.45) is 0 Å². The van der Waals surface area contributed by atoms with Crippen molar-refractivity contribution in [3.63, 3.8) is 0 Å². The summed E-state index contributed by atoms with van der Waals surface area (Å²) in [6.45, 7) is 2.96. The van der Waals surface area contributed by atoms with Gasteiger partial charge in [0, 0.05) is 38.1 Å². The van der Waals surface area contributed by atoms with Gasteiger partial charge in [0.15, 0.2) is 5.69 Å². The van der Waals surface area contributed by atoms with E-state index in [-0.39, 0.29) is 18.0 Å². The van der Waals surface area contributed by atoms with E-state index in [1.54, 1.807) is 0 Å². The van der Waals surface area contributed by atoms with E-state index < -0.39 is 0 Å². The highest BCUT2D eigenvalue weighted by atomic mass is 16.2. The smallest absolute Gasteiger partial charge is 0.318 e. The molecule has 156 valence electrons. The number of hydrogen-bond acceptors (Lipinski definition) is 4. The number of amides is 3. The minimum Gasteiger partial charge on any atom is -0.349 e. The standard InChI is InChI=1S/C22H26N6O2/c1-27-13-14-28(19(15-27)16-7-3-2-4-8-16)22(30)24-12-11-23-21(29)20-17-9-5-6-10-18(17)25-26-20/h2-10,19H,11-15H2,1H3,(H,23,29)(H,24,30)(H,25,26). The molecule has 0 saturated carbocycles. The largest absolute Gasteiger partial charge is 0.349 e. The first kappa shape index (κ1) is 19.9. The number of nitrogens with one attached hydrogen (secondary N) is 3. The fourth-order valence-electron chi connectivity index (χ4n) is 3.79. The molecule has 3 amide bonds. The predicted molar refractivity (Wildman–Crippen MR) is 115 cm³/mol. The Balaban J connectivity index is 1.31. The summed E-state index contributed by atoms with van der Waals surface area (Å²) in [5.74, 6) is -0.261. The quantitative estimate of drug-likeness (QED) is 0.565. The molecule has 1 aliphatic rings. The molecule has 30 heavy (non-hydrogen) atoms. The second kappa shape index (κ2) is 8.96. The molecule has 3 aromatic rings. The van der Waals surface area contributed by atoms with Crippen molar-refractivity contribution in [2.45, 2.75) is 6.04 Å². The summed E-state index contributed by atoms with van der Waals surface area (Å²) in [5.41, 5.74) is 2.30. The minimum atomic E-state index is -0.261. The fraction of sp³-hybridized carbons (Fsp3) is 0.318. The molecule has 8 heteroatoms. The lowest BCUT2D eigenvalue weighted by Crippen LogP contribution is -2.53. The summed E-state index contributed by atoms with van der Waals surface area (Å²) < 4.78 is 0. The van der Waals surface area contributed by atoms with Gasteiger partial charge in [0.25, 0.3) is 5.91 Å². The average molecular weight is 406 g/mol. The molecule has 3 N–H and O–H groups in total. The normalized spacial score (nSPS) is 17.1. The summed E-state index contributed by atoms with van der Waals surface area (Å²) in [4.78, 5) is 29.3. The van der Waals surface area contributed by atoms with Crippen LogP contribution in [0, 0.1) is 0 Å². The van der Waals surface area contributed by atoms with E-state index in [4.69, 9.17) is 0 Å². The lowest BCUT2D eigenvalue weighted by molar-refractivity contribution is 0.0946. The molecule has 4 rings (SSSR count). The molecular weight excluding hydrogens is 380 g/mol. The first-order valence-electron chi connectivity index (χ1n) is 10.1. The number of piperazine rings is 1. The van der Waals surface area contributed by atoms with Crippen LogP contribution in [-0.4, -0.2) is 71.7 Å². The molecule has 1 unspecified atom stereocenters. The van der Waals surface area contributed by atoms with Crippen LogP contribution in [0.1, 0.15) is 22.1 Å². The van der Waals surface area contributed by atoms with E-state index >= 15 is 0 Å². The maximum Gasteiger partial charge on any atom is 0.318 e. The van der Waals surface area contributed by atoms with Crippen molar-refractivity contribution in [2.75, 3.05) is 39.8 Å². The van der Waals surface area contributed by atoms with Crippen LogP contribution in [-0.2, 0) is 0 Å². The number of benzene rings is 2. The van der Waals surface area contributed by atoms with Gasteiger partial charge in [-0.15, -0.1) is 0 Å². The van der Waals surface area contributed by atoms with Crippen molar-refractivity contribution < 1.29 is 9.59 Å². The Bertz CT molecular complexity index is 1020. The van der Waals surface area contributed by atoms with Crippen LogP contribution in [0.15, 0.2) is 54.6 Å². The van der Waals surface area contributed by atoms with Crippen LogP contribution in [0.2, 0.25) is 0 Å². The second-order valence-electron chi connectivity index (χ2n) is 7.49. The molecule has 2 heterocycles. The molecule has 0 spiro atoms. The number of aromatic amines is 1. The fourth-order valence-corrected chi connectivity index (χ4v) is 3.79. The average Bonchev–Trinajstić information content (AvgIpc) is 3.21. The number of carbonyl (C=O) groups is 2. The van der Waals surface area contributed by atoms with Crippen LogP contribution in [0.5, 0.6) is 0 Å². The molecule has 0 aliphatic carbocycles. The van der Waals surface area contributed by atoms with Gasteiger partial charge >= 0.3 is 6.03 Å². The molecule has 1 saturated heterocycles. The van der Waals surface area contributed by atoms with Gasteiger partial charge in [0.05, 0.1) is 11.6 Å². The van der Waals surface area contributed by atoms with Gasteiger partial charge in [0.2, 0.25) is 0 Å². The maximum absolute atomic E-state index is 12.8. The molecule has 0 bridgehead atoms. The number of nitrogens with zero attached hydrogens (tertiary/aromatic N) is 3. The topological polar surface area (TPSA) is 93.4 Å². The van der Waals surface area contributed by atoms with Gasteiger partial charge in [-0.3, -0.25) is 9.89 Å². The predicted octanol–water partition coefficient (Wildman–Crippen LogP) is 1.99. The van der Waals surface area contributed by atoms with Gasteiger partial charge in [0.1, 0.15) is 0 Å². The lowest BCUT2D eigenvalue weighted by atomic mass is 10.0. The molecule has 1 aromatic heterocycles. The van der Waals surface area contributed by atoms with Crippen LogP contribution in [0.25, 0.3) is 10.9 Å². The van der Waals surface area contributed by atoms with Crippen molar-refractivity contribution >= 4 is 22.8 Å². The highest BCUT2D eigenvalue weighted by Crippen LogP contribution is 2.24. The third kappa shape index (κ3) is 4.28. The number of urea groups is 1. The number of fused-ring (bicyclic) bond motifs is 1. The Morgan fingerprint density at radius 2 is 1.77 bits per heavy atom. The summed E-state index contributed by atoms with van der Waals surface area (Å²) >= 11 is 0. The zero-order valence-electron chi connectivity index (χ0n) is 17.0. The minimum absolute atomic E-state index is 0.00922. The van der Waals surface area contributed by atoms with Crippen LogP contribution >= 0.6 is 0 Å². The summed E-state index contributed by atoms with van der Waals surface area (Å²) in [6.07, 6.45) is 0. The Hall–Kier alpha value is -3.39. The van der Waals surface area contributed by atoms with Gasteiger partial charge in [-0.1, -0.05) is 48.5 Å². The number of likely N-dealkylation sites (N-methyl/N-ethyl adjacent to an activating group) is 1. The highest BCUT2D eigenvalue weighted by molar-refractivity contribution is 6.04. The first-order valence-corrected chi connectivity index (χ1v) is 10.1. The first-order chi connectivity index (χ1) is 14.6. The van der Waals surface area contributed by atoms with Crippen LogP contribution in [0.4, 0.5) is 4.79 Å². The number of aromatic nitrogens is 2. The number of hydrogen-bond donors (Lipinski definition) is 3. The van der Waals surface area contributed by atoms with E-state index in [9.17, 15) is 9.59 Å². The Labute approximate surface area is 175 Å². The van der Waals surface area contributed by atoms with Crippen LogP contribution < -0.4 is 10.6 Å². The SMILES string of the molecule is CN1CCN(C(=O)NCCNC(=O)c2n[nH]c3ccccc23)C(c2ccccc2)C1. The van der Waals surface area contributed by atoms with Gasteiger partial charge in [-0.05, 0) is 18.7 Å². The third-order valence-corrected chi connectivity index (χ3v) is 5.40. The molecule has 8 nitrogen and oxygen atoms in total. The summed E-state index contributed by atoms with van der Waals surface area (Å²) in [7, 11) is 2.07. The van der Waals surface area contributed by atoms with E-state index in [0.717, 1.165) is 29.6 Å². The molecule has 1 fully saturated rings. The molecule has 1 atom stereocenters. The van der Waals surface area contributed by atoms with E-state index in [2.05, 4.69) is 44.9 Å². The number of para-hydroxylation sites is 1. The van der Waals surface area contributed by atoms with Gasteiger partial charge in [-0.2, -0.15) is 5.10 Å². The van der Waals surface area contributed by atoms with Crippen molar-refractivity contribution in [1.29, 1.82) is 0 Å². The van der Waals surface area contributed by atoms with Gasteiger partial charge in [-0.25, -0.2) is 4.79 Å². The van der Waals surface area contributed by atoms with Gasteiger partial charge < -0.3 is 20.4 Å². The number of H-pyrrole nitrogens is 1. The number of carbonyl (C=O) groups excluding carboxylic acids is 2. The zero-order valence-corrected chi connectivity index (χ0v) is 17.0. The van der Waals surface area contributed by atoms with Crippen LogP contribution in [0.3, 0.4) is 0 Å². The highest BCUT2D eigenvalue weighted by Gasteiger charge is 2.30. The second-order valence-corrected chi connectivity index (χ2v) is 7.49. The maximum atomic E-state index is 12.8. The molecule has 2 aromatic carbocycles. The zero-order chi connectivity index (χ0) is 20.9. The molecule has 0 radical (unpaired) electrons. The van der Waals surface area contributed by atoms with E-state index in [1.807, 2.05) is 47.4 Å². The Morgan fingerprint density at radius 3 is 2.60 bits per heavy atom. The molecular formula is C22H26N6O2. The monoisotopic (exact) mass is 406 g/mol. The third-order valence-electron chi connectivity index (χ3n) is 5.40. The van der Waals surface area contributed by atoms with E-state index in [0.29, 0.717) is 25.3 Å². The molecule has 1 aliphatic heterocycles. The van der Waals surface area contributed by atoms with Crippen molar-refractivity contribution in [3.8, 4) is 0 Å². The number of rotatable bonds is 5.